The first kappa shape index (κ1) is 24.4. The summed E-state index contributed by atoms with van der Waals surface area (Å²) in [5.41, 5.74) is 6.63. The van der Waals surface area contributed by atoms with Gasteiger partial charge in [0.15, 0.2) is 5.82 Å². The van der Waals surface area contributed by atoms with Gasteiger partial charge in [-0.1, -0.05) is 90.5 Å². The number of aryl methyl sites for hydroxylation is 2. The highest BCUT2D eigenvalue weighted by atomic mass is 16.2. The highest BCUT2D eigenvalue weighted by molar-refractivity contribution is 5.92. The first-order valence-electron chi connectivity index (χ1n) is 12.8. The zero-order chi connectivity index (χ0) is 25.6. The molecule has 5 heteroatoms. The van der Waals surface area contributed by atoms with E-state index in [1.165, 1.54) is 11.1 Å². The van der Waals surface area contributed by atoms with Gasteiger partial charge in [-0.25, -0.2) is 9.97 Å². The van der Waals surface area contributed by atoms with Crippen molar-refractivity contribution in [1.29, 1.82) is 0 Å². The number of piperazine rings is 1. The number of nitrogens with zero attached hydrogens (tertiary/aromatic N) is 4. The van der Waals surface area contributed by atoms with E-state index in [-0.39, 0.29) is 5.91 Å². The van der Waals surface area contributed by atoms with Gasteiger partial charge in [0, 0.05) is 55.5 Å². The van der Waals surface area contributed by atoms with E-state index in [0.717, 1.165) is 53.5 Å². The van der Waals surface area contributed by atoms with Crippen LogP contribution in [0.2, 0.25) is 0 Å². The zero-order valence-corrected chi connectivity index (χ0v) is 21.5. The highest BCUT2D eigenvalue weighted by Gasteiger charge is 2.24. The SMILES string of the molecule is Cc1ccc(-c2nc(C)c(Cc3ccccc3)c(N3CCN(C(=O)/C=C/c4ccccc4)CC3)n2)cc1. The number of amides is 1. The summed E-state index contributed by atoms with van der Waals surface area (Å²) in [7, 11) is 0. The van der Waals surface area contributed by atoms with Gasteiger partial charge in [0.05, 0.1) is 0 Å². The molecule has 5 nitrogen and oxygen atoms in total. The molecule has 1 fully saturated rings. The van der Waals surface area contributed by atoms with Gasteiger partial charge in [-0.15, -0.1) is 0 Å². The van der Waals surface area contributed by atoms with Crippen LogP contribution in [0.3, 0.4) is 0 Å². The summed E-state index contributed by atoms with van der Waals surface area (Å²) in [5.74, 6) is 1.76. The van der Waals surface area contributed by atoms with Crippen molar-refractivity contribution >= 4 is 17.8 Å². The molecule has 2 heterocycles. The molecule has 3 aromatic carbocycles. The summed E-state index contributed by atoms with van der Waals surface area (Å²) in [6, 6.07) is 28.8. The lowest BCUT2D eigenvalue weighted by molar-refractivity contribution is -0.126. The van der Waals surface area contributed by atoms with Gasteiger partial charge in [0.2, 0.25) is 5.91 Å². The van der Waals surface area contributed by atoms with E-state index in [1.54, 1.807) is 6.08 Å². The number of benzene rings is 3. The molecule has 5 rings (SSSR count). The van der Waals surface area contributed by atoms with Gasteiger partial charge in [0.25, 0.3) is 0 Å². The fourth-order valence-corrected chi connectivity index (χ4v) is 4.66. The molecule has 1 aliphatic heterocycles. The Morgan fingerprint density at radius 2 is 1.46 bits per heavy atom. The third kappa shape index (κ3) is 5.95. The number of anilines is 1. The Morgan fingerprint density at radius 3 is 2.14 bits per heavy atom. The second-order valence-corrected chi connectivity index (χ2v) is 9.52. The quantitative estimate of drug-likeness (QED) is 0.326. The summed E-state index contributed by atoms with van der Waals surface area (Å²) in [5, 5.41) is 0. The summed E-state index contributed by atoms with van der Waals surface area (Å²) < 4.78 is 0. The van der Waals surface area contributed by atoms with Gasteiger partial charge < -0.3 is 9.80 Å². The van der Waals surface area contributed by atoms with Crippen molar-refractivity contribution in [1.82, 2.24) is 14.9 Å². The Balaban J connectivity index is 1.39. The zero-order valence-electron chi connectivity index (χ0n) is 21.5. The number of hydrogen-bond donors (Lipinski definition) is 0. The van der Waals surface area contributed by atoms with Crippen molar-refractivity contribution in [3.63, 3.8) is 0 Å². The number of carbonyl (C=O) groups excluding carboxylic acids is 1. The van der Waals surface area contributed by atoms with Gasteiger partial charge in [-0.2, -0.15) is 0 Å². The Morgan fingerprint density at radius 1 is 0.811 bits per heavy atom. The van der Waals surface area contributed by atoms with Crippen molar-refractivity contribution in [2.45, 2.75) is 20.3 Å². The predicted molar refractivity (Wildman–Crippen MR) is 150 cm³/mol. The van der Waals surface area contributed by atoms with Crippen LogP contribution in [-0.4, -0.2) is 47.0 Å². The Kier molecular flexibility index (Phi) is 7.41. The van der Waals surface area contributed by atoms with Gasteiger partial charge in [-0.3, -0.25) is 4.79 Å². The third-order valence-electron chi connectivity index (χ3n) is 6.83. The monoisotopic (exact) mass is 488 g/mol. The van der Waals surface area contributed by atoms with Crippen LogP contribution in [0.15, 0.2) is 91.0 Å². The van der Waals surface area contributed by atoms with Crippen LogP contribution in [0.4, 0.5) is 5.82 Å². The van der Waals surface area contributed by atoms with Gasteiger partial charge in [0.1, 0.15) is 5.82 Å². The molecule has 186 valence electrons. The maximum atomic E-state index is 12.8. The molecule has 1 amide bonds. The van der Waals surface area contributed by atoms with Crippen molar-refractivity contribution in [2.75, 3.05) is 31.1 Å². The fourth-order valence-electron chi connectivity index (χ4n) is 4.66. The number of hydrogen-bond acceptors (Lipinski definition) is 4. The molecular formula is C32H32N4O. The molecular weight excluding hydrogens is 456 g/mol. The van der Waals surface area contributed by atoms with E-state index in [4.69, 9.17) is 9.97 Å². The maximum Gasteiger partial charge on any atom is 0.246 e. The van der Waals surface area contributed by atoms with Crippen molar-refractivity contribution in [3.8, 4) is 11.4 Å². The molecule has 1 saturated heterocycles. The van der Waals surface area contributed by atoms with Crippen molar-refractivity contribution in [3.05, 3.63) is 119 Å². The molecule has 0 saturated carbocycles. The van der Waals surface area contributed by atoms with Crippen LogP contribution >= 0.6 is 0 Å². The first-order chi connectivity index (χ1) is 18.1. The molecule has 0 unspecified atom stereocenters. The first-order valence-corrected chi connectivity index (χ1v) is 12.8. The minimum atomic E-state index is 0.0484. The second kappa shape index (κ2) is 11.2. The molecule has 4 aromatic rings. The average Bonchev–Trinajstić information content (AvgIpc) is 2.94. The van der Waals surface area contributed by atoms with E-state index < -0.39 is 0 Å². The lowest BCUT2D eigenvalue weighted by atomic mass is 10.0. The summed E-state index contributed by atoms with van der Waals surface area (Å²) in [4.78, 5) is 27.1. The smallest absolute Gasteiger partial charge is 0.246 e. The summed E-state index contributed by atoms with van der Waals surface area (Å²) >= 11 is 0. The third-order valence-corrected chi connectivity index (χ3v) is 6.83. The highest BCUT2D eigenvalue weighted by Crippen LogP contribution is 2.28. The standard InChI is InChI=1S/C32H32N4O/c1-24-13-16-28(17-14-24)31-33-25(2)29(23-27-11-7-4-8-12-27)32(34-31)36-21-19-35(20-22-36)30(37)18-15-26-9-5-3-6-10-26/h3-18H,19-23H2,1-2H3/b18-15+. The van der Waals surface area contributed by atoms with Crippen molar-refractivity contribution in [2.24, 2.45) is 0 Å². The number of carbonyl (C=O) groups is 1. The van der Waals surface area contributed by atoms with Gasteiger partial charge in [-0.05, 0) is 31.1 Å². The van der Waals surface area contributed by atoms with E-state index in [2.05, 4.69) is 67.3 Å². The van der Waals surface area contributed by atoms with Crippen LogP contribution in [0.25, 0.3) is 17.5 Å². The molecule has 0 bridgehead atoms. The normalized spacial score (nSPS) is 13.8. The van der Waals surface area contributed by atoms with Gasteiger partial charge >= 0.3 is 0 Å². The Bertz CT molecular complexity index is 1370. The van der Waals surface area contributed by atoms with E-state index in [1.807, 2.05) is 47.4 Å². The molecule has 1 aromatic heterocycles. The minimum Gasteiger partial charge on any atom is -0.353 e. The van der Waals surface area contributed by atoms with Crippen LogP contribution in [0, 0.1) is 13.8 Å². The topological polar surface area (TPSA) is 49.3 Å². The largest absolute Gasteiger partial charge is 0.353 e. The van der Waals surface area contributed by atoms with E-state index in [0.29, 0.717) is 13.1 Å². The fraction of sp³-hybridized carbons (Fsp3) is 0.219. The molecule has 1 aliphatic rings. The average molecular weight is 489 g/mol. The molecule has 0 atom stereocenters. The van der Waals surface area contributed by atoms with Crippen LogP contribution in [0.5, 0.6) is 0 Å². The predicted octanol–water partition coefficient (Wildman–Crippen LogP) is 5.71. The molecule has 0 N–H and O–H groups in total. The summed E-state index contributed by atoms with van der Waals surface area (Å²) in [6.45, 7) is 6.94. The molecule has 0 radical (unpaired) electrons. The lowest BCUT2D eigenvalue weighted by Crippen LogP contribution is -2.49. The lowest BCUT2D eigenvalue weighted by Gasteiger charge is -2.36. The molecule has 37 heavy (non-hydrogen) atoms. The number of rotatable bonds is 6. The van der Waals surface area contributed by atoms with E-state index >= 15 is 0 Å². The van der Waals surface area contributed by atoms with Crippen LogP contribution in [0.1, 0.15) is 27.9 Å². The molecule has 0 spiro atoms. The molecule has 0 aliphatic carbocycles. The Labute approximate surface area is 219 Å². The second-order valence-electron chi connectivity index (χ2n) is 9.52. The Hall–Kier alpha value is -4.25. The number of aromatic nitrogens is 2. The van der Waals surface area contributed by atoms with Crippen LogP contribution < -0.4 is 4.90 Å². The van der Waals surface area contributed by atoms with Crippen molar-refractivity contribution < 1.29 is 4.79 Å². The van der Waals surface area contributed by atoms with E-state index in [9.17, 15) is 4.79 Å². The van der Waals surface area contributed by atoms with Crippen LogP contribution in [-0.2, 0) is 11.2 Å². The minimum absolute atomic E-state index is 0.0484. The maximum absolute atomic E-state index is 12.8. The summed E-state index contributed by atoms with van der Waals surface area (Å²) in [6.07, 6.45) is 4.33.